The van der Waals surface area contributed by atoms with Gasteiger partial charge in [0.25, 0.3) is 6.43 Å². The average Bonchev–Trinajstić information content (AvgIpc) is 2.26. The molecule has 0 amide bonds. The molecule has 2 N–H and O–H groups in total. The normalized spacial score (nSPS) is 10.6. The molecule has 7 heteroatoms. The van der Waals surface area contributed by atoms with Crippen molar-refractivity contribution in [2.45, 2.75) is 11.8 Å². The number of rotatable bonds is 3. The zero-order valence-corrected chi connectivity index (χ0v) is 9.92. The molecular weight excluding hydrogens is 286 g/mol. The third-order valence-electron chi connectivity index (χ3n) is 1.88. The summed E-state index contributed by atoms with van der Waals surface area (Å²) in [5, 5.41) is 0.141. The van der Waals surface area contributed by atoms with E-state index in [2.05, 4.69) is 25.7 Å². The minimum atomic E-state index is -2.73. The first-order chi connectivity index (χ1) is 7.51. The van der Waals surface area contributed by atoms with Crippen LogP contribution in [0.1, 0.15) is 28.2 Å². The van der Waals surface area contributed by atoms with Gasteiger partial charge in [0.05, 0.1) is 18.5 Å². The minimum Gasteiger partial charge on any atom is -0.465 e. The number of ether oxygens (including phenoxy) is 1. The van der Waals surface area contributed by atoms with Crippen LogP contribution in [0.25, 0.3) is 0 Å². The molecule has 0 aliphatic heterocycles. The number of carbonyl (C=O) groups is 1. The molecule has 1 heterocycles. The Kier molecular flexibility index (Phi) is 4.17. The molecule has 0 radical (unpaired) electrons. The molecule has 0 atom stereocenters. The van der Waals surface area contributed by atoms with Gasteiger partial charge in [0.2, 0.25) is 0 Å². The first-order valence-electron chi connectivity index (χ1n) is 4.23. The fourth-order valence-electron chi connectivity index (χ4n) is 1.19. The van der Waals surface area contributed by atoms with Crippen LogP contribution in [0.3, 0.4) is 0 Å². The monoisotopic (exact) mass is 294 g/mol. The molecular formula is C9H9BrF2N2O2. The lowest BCUT2D eigenvalue weighted by atomic mass is 10.1. The first kappa shape index (κ1) is 12.8. The summed E-state index contributed by atoms with van der Waals surface area (Å²) in [6.07, 6.45) is -2.73. The molecule has 1 rings (SSSR count). The van der Waals surface area contributed by atoms with Crippen LogP contribution >= 0.6 is 15.9 Å². The minimum absolute atomic E-state index is 0.0174. The summed E-state index contributed by atoms with van der Waals surface area (Å²) in [5.74, 6) is -0.694. The van der Waals surface area contributed by atoms with Crippen molar-refractivity contribution in [3.8, 4) is 0 Å². The summed E-state index contributed by atoms with van der Waals surface area (Å²) in [6.45, 7) is 0. The lowest BCUT2D eigenvalue weighted by molar-refractivity contribution is 0.0600. The van der Waals surface area contributed by atoms with Crippen LogP contribution in [0.5, 0.6) is 0 Å². The van der Waals surface area contributed by atoms with Gasteiger partial charge in [-0.05, 0) is 6.07 Å². The number of pyridine rings is 1. The van der Waals surface area contributed by atoms with Gasteiger partial charge in [-0.25, -0.2) is 18.6 Å². The van der Waals surface area contributed by atoms with Crippen LogP contribution in [-0.4, -0.2) is 18.1 Å². The summed E-state index contributed by atoms with van der Waals surface area (Å²) in [7, 11) is 1.18. The predicted octanol–water partition coefficient (Wildman–Crippen LogP) is 2.28. The van der Waals surface area contributed by atoms with Crippen molar-refractivity contribution in [1.82, 2.24) is 4.98 Å². The van der Waals surface area contributed by atoms with Crippen molar-refractivity contribution < 1.29 is 18.3 Å². The molecule has 0 spiro atoms. The maximum Gasteiger partial charge on any atom is 0.341 e. The number of aromatic nitrogens is 1. The van der Waals surface area contributed by atoms with E-state index in [-0.39, 0.29) is 22.3 Å². The third-order valence-corrected chi connectivity index (χ3v) is 2.42. The van der Waals surface area contributed by atoms with E-state index in [0.717, 1.165) is 6.07 Å². The van der Waals surface area contributed by atoms with Gasteiger partial charge in [-0.3, -0.25) is 0 Å². The van der Waals surface area contributed by atoms with E-state index in [0.29, 0.717) is 0 Å². The van der Waals surface area contributed by atoms with Crippen molar-refractivity contribution >= 4 is 27.6 Å². The fraction of sp³-hybridized carbons (Fsp3) is 0.333. The number of alkyl halides is 3. The van der Waals surface area contributed by atoms with Crippen molar-refractivity contribution in [3.63, 3.8) is 0 Å². The number of nitrogens with zero attached hydrogens (tertiary/aromatic N) is 1. The Morgan fingerprint density at radius 1 is 1.69 bits per heavy atom. The predicted molar refractivity (Wildman–Crippen MR) is 57.6 cm³/mol. The summed E-state index contributed by atoms with van der Waals surface area (Å²) in [5.41, 5.74) is 5.15. The summed E-state index contributed by atoms with van der Waals surface area (Å²) >= 11 is 3.05. The Morgan fingerprint density at radius 2 is 2.31 bits per heavy atom. The highest BCUT2D eigenvalue weighted by Crippen LogP contribution is 2.25. The van der Waals surface area contributed by atoms with Crippen molar-refractivity contribution in [3.05, 3.63) is 23.0 Å². The Morgan fingerprint density at radius 3 is 2.75 bits per heavy atom. The highest BCUT2D eigenvalue weighted by molar-refractivity contribution is 9.08. The zero-order valence-electron chi connectivity index (χ0n) is 8.34. The standard InChI is InChI=1S/C9H9BrF2N2O2/c1-16-9(15)7-4(13)2-5(8(11)12)14-6(7)3-10/h2,8H,3H2,1H3,(H2,13,14). The van der Waals surface area contributed by atoms with E-state index in [9.17, 15) is 13.6 Å². The molecule has 1 aromatic rings. The Labute approximate surface area is 98.9 Å². The number of anilines is 1. The maximum atomic E-state index is 12.4. The molecule has 0 fully saturated rings. The van der Waals surface area contributed by atoms with Crippen LogP contribution in [0.2, 0.25) is 0 Å². The Hall–Kier alpha value is -1.24. The van der Waals surface area contributed by atoms with E-state index in [1.54, 1.807) is 0 Å². The largest absolute Gasteiger partial charge is 0.465 e. The zero-order chi connectivity index (χ0) is 12.3. The van der Waals surface area contributed by atoms with E-state index < -0.39 is 18.1 Å². The van der Waals surface area contributed by atoms with Crippen molar-refractivity contribution in [2.24, 2.45) is 0 Å². The van der Waals surface area contributed by atoms with Crippen molar-refractivity contribution in [1.29, 1.82) is 0 Å². The first-order valence-corrected chi connectivity index (χ1v) is 5.35. The second-order valence-corrected chi connectivity index (χ2v) is 3.44. The van der Waals surface area contributed by atoms with Gasteiger partial charge in [0.1, 0.15) is 11.3 Å². The molecule has 0 aromatic carbocycles. The number of methoxy groups -OCH3 is 1. The number of halogens is 3. The molecule has 0 bridgehead atoms. The number of nitrogen functional groups attached to an aromatic ring is 1. The quantitative estimate of drug-likeness (QED) is 0.686. The van der Waals surface area contributed by atoms with Gasteiger partial charge in [-0.15, -0.1) is 0 Å². The lowest BCUT2D eigenvalue weighted by Crippen LogP contribution is -2.12. The summed E-state index contributed by atoms with van der Waals surface area (Å²) < 4.78 is 29.3. The van der Waals surface area contributed by atoms with Crippen LogP contribution < -0.4 is 5.73 Å². The van der Waals surface area contributed by atoms with Crippen LogP contribution in [-0.2, 0) is 10.1 Å². The van der Waals surface area contributed by atoms with E-state index in [1.807, 2.05) is 0 Å². The Bertz CT molecular complexity index is 413. The molecule has 0 aliphatic rings. The molecule has 1 aromatic heterocycles. The number of carbonyl (C=O) groups excluding carboxylic acids is 1. The summed E-state index contributed by atoms with van der Waals surface area (Å²) in [4.78, 5) is 15.0. The fourth-order valence-corrected chi connectivity index (χ4v) is 1.59. The number of esters is 1. The second kappa shape index (κ2) is 5.20. The van der Waals surface area contributed by atoms with Gasteiger partial charge in [-0.2, -0.15) is 0 Å². The summed E-state index contributed by atoms with van der Waals surface area (Å²) in [6, 6.07) is 0.975. The van der Waals surface area contributed by atoms with Gasteiger partial charge < -0.3 is 10.5 Å². The molecule has 4 nitrogen and oxygen atoms in total. The highest BCUT2D eigenvalue weighted by atomic mass is 79.9. The van der Waals surface area contributed by atoms with Gasteiger partial charge in [-0.1, -0.05) is 15.9 Å². The molecule has 0 unspecified atom stereocenters. The second-order valence-electron chi connectivity index (χ2n) is 2.88. The van der Waals surface area contributed by atoms with Crippen LogP contribution in [0, 0.1) is 0 Å². The van der Waals surface area contributed by atoms with E-state index >= 15 is 0 Å². The average molecular weight is 295 g/mol. The number of hydrogen-bond donors (Lipinski definition) is 1. The Balaban J connectivity index is 3.34. The molecule has 16 heavy (non-hydrogen) atoms. The van der Waals surface area contributed by atoms with Crippen LogP contribution in [0.15, 0.2) is 6.07 Å². The molecule has 0 aliphatic carbocycles. The SMILES string of the molecule is COC(=O)c1c(N)cc(C(F)F)nc1CBr. The van der Waals surface area contributed by atoms with Gasteiger partial charge in [0, 0.05) is 5.33 Å². The van der Waals surface area contributed by atoms with Gasteiger partial charge >= 0.3 is 5.97 Å². The smallest absolute Gasteiger partial charge is 0.341 e. The maximum absolute atomic E-state index is 12.4. The van der Waals surface area contributed by atoms with E-state index in [1.165, 1.54) is 7.11 Å². The number of nitrogens with two attached hydrogens (primary N) is 1. The topological polar surface area (TPSA) is 65.2 Å². The molecule has 0 saturated heterocycles. The highest BCUT2D eigenvalue weighted by Gasteiger charge is 2.20. The molecule has 88 valence electrons. The third kappa shape index (κ3) is 2.46. The molecule has 0 saturated carbocycles. The number of hydrogen-bond acceptors (Lipinski definition) is 4. The van der Waals surface area contributed by atoms with Crippen molar-refractivity contribution in [2.75, 3.05) is 12.8 Å². The van der Waals surface area contributed by atoms with Gasteiger partial charge in [0.15, 0.2) is 0 Å². The lowest BCUT2D eigenvalue weighted by Gasteiger charge is -2.10. The van der Waals surface area contributed by atoms with Crippen LogP contribution in [0.4, 0.5) is 14.5 Å². The van der Waals surface area contributed by atoms with E-state index in [4.69, 9.17) is 5.73 Å².